The Hall–Kier alpha value is -0.610. The molecule has 0 saturated carbocycles. The molecular formula is C10H14Cl2N4. The number of rotatable bonds is 1. The summed E-state index contributed by atoms with van der Waals surface area (Å²) < 4.78 is 0. The Morgan fingerprint density at radius 1 is 1.06 bits per heavy atom. The summed E-state index contributed by atoms with van der Waals surface area (Å²) in [5, 5.41) is 0.317. The molecule has 0 spiro atoms. The van der Waals surface area contributed by atoms with Gasteiger partial charge in [-0.1, -0.05) is 12.8 Å². The summed E-state index contributed by atoms with van der Waals surface area (Å²) in [5.74, 6) is 0.597. The van der Waals surface area contributed by atoms with Gasteiger partial charge in [-0.05, 0) is 43.0 Å². The Labute approximate surface area is 105 Å². The summed E-state index contributed by atoms with van der Waals surface area (Å²) in [7, 11) is 0. The molecule has 0 aromatic carbocycles. The van der Waals surface area contributed by atoms with E-state index in [1.807, 2.05) is 0 Å². The van der Waals surface area contributed by atoms with E-state index in [1.54, 1.807) is 0 Å². The lowest BCUT2D eigenvalue weighted by Crippen LogP contribution is -2.34. The number of aromatic nitrogens is 3. The van der Waals surface area contributed by atoms with Gasteiger partial charge in [-0.3, -0.25) is 0 Å². The van der Waals surface area contributed by atoms with Crippen LogP contribution in [0.3, 0.4) is 0 Å². The lowest BCUT2D eigenvalue weighted by molar-refractivity contribution is 0.604. The molecule has 0 radical (unpaired) electrons. The Balaban J connectivity index is 2.26. The molecule has 1 aliphatic rings. The first-order valence-electron chi connectivity index (χ1n) is 5.50. The topological polar surface area (TPSA) is 41.9 Å². The molecule has 1 unspecified atom stereocenters. The SMILES string of the molecule is CC1CCCCCN1c1nc(Cl)nc(Cl)n1. The zero-order chi connectivity index (χ0) is 11.5. The van der Waals surface area contributed by atoms with Crippen LogP contribution < -0.4 is 4.90 Å². The number of hydrogen-bond acceptors (Lipinski definition) is 4. The highest BCUT2D eigenvalue weighted by atomic mass is 35.5. The van der Waals surface area contributed by atoms with Crippen molar-refractivity contribution in [3.63, 3.8) is 0 Å². The fourth-order valence-electron chi connectivity index (χ4n) is 2.02. The Kier molecular flexibility index (Phi) is 3.82. The minimum atomic E-state index is 0.159. The van der Waals surface area contributed by atoms with Crippen LogP contribution in [0.4, 0.5) is 5.95 Å². The average Bonchev–Trinajstić information content (AvgIpc) is 2.41. The van der Waals surface area contributed by atoms with Crippen molar-refractivity contribution in [3.8, 4) is 0 Å². The maximum absolute atomic E-state index is 5.78. The van der Waals surface area contributed by atoms with Crippen LogP contribution in [0.25, 0.3) is 0 Å². The normalized spacial score (nSPS) is 21.9. The minimum absolute atomic E-state index is 0.159. The lowest BCUT2D eigenvalue weighted by Gasteiger charge is -2.26. The summed E-state index contributed by atoms with van der Waals surface area (Å²) in [6, 6.07) is 0.428. The third-order valence-corrected chi connectivity index (χ3v) is 3.22. The van der Waals surface area contributed by atoms with Gasteiger partial charge in [-0.25, -0.2) is 0 Å². The van der Waals surface area contributed by atoms with Gasteiger partial charge in [0.15, 0.2) is 0 Å². The second-order valence-electron chi connectivity index (χ2n) is 4.07. The first-order chi connectivity index (χ1) is 7.66. The monoisotopic (exact) mass is 260 g/mol. The van der Waals surface area contributed by atoms with E-state index in [2.05, 4.69) is 26.8 Å². The predicted molar refractivity (Wildman–Crippen MR) is 65.1 cm³/mol. The lowest BCUT2D eigenvalue weighted by atomic mass is 10.1. The number of hydrogen-bond donors (Lipinski definition) is 0. The molecule has 0 amide bonds. The fraction of sp³-hybridized carbons (Fsp3) is 0.700. The molecule has 16 heavy (non-hydrogen) atoms. The quantitative estimate of drug-likeness (QED) is 0.779. The van der Waals surface area contributed by atoms with Gasteiger partial charge in [0.2, 0.25) is 16.5 Å². The van der Waals surface area contributed by atoms with Gasteiger partial charge < -0.3 is 4.90 Å². The smallest absolute Gasteiger partial charge is 0.231 e. The number of halogens is 2. The van der Waals surface area contributed by atoms with E-state index in [-0.39, 0.29) is 10.6 Å². The molecule has 88 valence electrons. The van der Waals surface area contributed by atoms with E-state index in [0.29, 0.717) is 12.0 Å². The summed E-state index contributed by atoms with van der Waals surface area (Å²) >= 11 is 11.6. The molecule has 1 aromatic heterocycles. The van der Waals surface area contributed by atoms with Crippen molar-refractivity contribution < 1.29 is 0 Å². The molecule has 0 aliphatic carbocycles. The van der Waals surface area contributed by atoms with Gasteiger partial charge in [0, 0.05) is 12.6 Å². The maximum atomic E-state index is 5.78. The van der Waals surface area contributed by atoms with Crippen LogP contribution in [-0.4, -0.2) is 27.5 Å². The molecule has 1 fully saturated rings. The Bertz CT molecular complexity index is 352. The standard InChI is InChI=1S/C10H14Cl2N4/c1-7-5-3-2-4-6-16(7)10-14-8(11)13-9(12)15-10/h7H,2-6H2,1H3. The third-order valence-electron chi connectivity index (χ3n) is 2.88. The number of nitrogens with zero attached hydrogens (tertiary/aromatic N) is 4. The van der Waals surface area contributed by atoms with Crippen molar-refractivity contribution in [1.82, 2.24) is 15.0 Å². The van der Waals surface area contributed by atoms with Crippen molar-refractivity contribution in [2.75, 3.05) is 11.4 Å². The summed E-state index contributed by atoms with van der Waals surface area (Å²) in [6.45, 7) is 3.13. The van der Waals surface area contributed by atoms with Crippen LogP contribution in [0.2, 0.25) is 10.6 Å². The zero-order valence-corrected chi connectivity index (χ0v) is 10.7. The molecule has 6 heteroatoms. The van der Waals surface area contributed by atoms with Gasteiger partial charge in [-0.15, -0.1) is 0 Å². The van der Waals surface area contributed by atoms with E-state index in [0.717, 1.165) is 19.4 Å². The van der Waals surface area contributed by atoms with E-state index >= 15 is 0 Å². The second-order valence-corrected chi connectivity index (χ2v) is 4.74. The van der Waals surface area contributed by atoms with Crippen molar-refractivity contribution in [2.24, 2.45) is 0 Å². The zero-order valence-electron chi connectivity index (χ0n) is 9.16. The second kappa shape index (κ2) is 5.15. The fourth-order valence-corrected chi connectivity index (χ4v) is 2.37. The van der Waals surface area contributed by atoms with Crippen LogP contribution in [0.15, 0.2) is 0 Å². The first-order valence-corrected chi connectivity index (χ1v) is 6.26. The van der Waals surface area contributed by atoms with Crippen LogP contribution in [0.1, 0.15) is 32.6 Å². The molecule has 1 aliphatic heterocycles. The molecular weight excluding hydrogens is 247 g/mol. The van der Waals surface area contributed by atoms with Crippen LogP contribution in [-0.2, 0) is 0 Å². The summed E-state index contributed by atoms with van der Waals surface area (Å²) in [6.07, 6.45) is 4.82. The summed E-state index contributed by atoms with van der Waals surface area (Å²) in [4.78, 5) is 14.2. The maximum Gasteiger partial charge on any atom is 0.231 e. The highest BCUT2D eigenvalue weighted by molar-refractivity contribution is 6.31. The van der Waals surface area contributed by atoms with Crippen LogP contribution in [0.5, 0.6) is 0 Å². The molecule has 0 N–H and O–H groups in total. The Morgan fingerprint density at radius 2 is 1.75 bits per heavy atom. The molecule has 2 heterocycles. The Morgan fingerprint density at radius 3 is 2.44 bits per heavy atom. The van der Waals surface area contributed by atoms with Crippen molar-refractivity contribution in [1.29, 1.82) is 0 Å². The predicted octanol–water partition coefficient (Wildman–Crippen LogP) is 2.95. The molecule has 1 aromatic rings. The van der Waals surface area contributed by atoms with Gasteiger partial charge in [0.05, 0.1) is 0 Å². The number of anilines is 1. The van der Waals surface area contributed by atoms with Crippen LogP contribution >= 0.6 is 23.2 Å². The largest absolute Gasteiger partial charge is 0.338 e. The van der Waals surface area contributed by atoms with E-state index in [1.165, 1.54) is 12.8 Å². The summed E-state index contributed by atoms with van der Waals surface area (Å²) in [5.41, 5.74) is 0. The van der Waals surface area contributed by atoms with Gasteiger partial charge in [-0.2, -0.15) is 15.0 Å². The molecule has 4 nitrogen and oxygen atoms in total. The van der Waals surface area contributed by atoms with Gasteiger partial charge in [0.25, 0.3) is 0 Å². The van der Waals surface area contributed by atoms with Gasteiger partial charge in [0.1, 0.15) is 0 Å². The van der Waals surface area contributed by atoms with Gasteiger partial charge >= 0.3 is 0 Å². The van der Waals surface area contributed by atoms with E-state index in [9.17, 15) is 0 Å². The highest BCUT2D eigenvalue weighted by Gasteiger charge is 2.20. The van der Waals surface area contributed by atoms with E-state index in [4.69, 9.17) is 23.2 Å². The van der Waals surface area contributed by atoms with Crippen molar-refractivity contribution in [3.05, 3.63) is 10.6 Å². The minimum Gasteiger partial charge on any atom is -0.338 e. The molecule has 0 bridgehead atoms. The first kappa shape index (κ1) is 11.9. The molecule has 1 atom stereocenters. The molecule has 1 saturated heterocycles. The van der Waals surface area contributed by atoms with E-state index < -0.39 is 0 Å². The van der Waals surface area contributed by atoms with Crippen LogP contribution in [0, 0.1) is 0 Å². The third kappa shape index (κ3) is 2.74. The van der Waals surface area contributed by atoms with Crippen molar-refractivity contribution in [2.45, 2.75) is 38.6 Å². The average molecular weight is 261 g/mol. The molecule has 2 rings (SSSR count). The van der Waals surface area contributed by atoms with Crippen molar-refractivity contribution >= 4 is 29.2 Å². The highest BCUT2D eigenvalue weighted by Crippen LogP contribution is 2.22.